The molecule has 0 bridgehead atoms. The van der Waals surface area contributed by atoms with Crippen molar-refractivity contribution < 1.29 is 31.9 Å². The van der Waals surface area contributed by atoms with E-state index in [0.717, 1.165) is 17.8 Å². The minimum atomic E-state index is -4.57. The zero-order valence-electron chi connectivity index (χ0n) is 21.5. The summed E-state index contributed by atoms with van der Waals surface area (Å²) in [5.41, 5.74) is 0.124. The number of benzene rings is 1. The van der Waals surface area contributed by atoms with E-state index in [-0.39, 0.29) is 30.0 Å². The maximum absolute atomic E-state index is 12.8. The maximum Gasteiger partial charge on any atom is 0.433 e. The van der Waals surface area contributed by atoms with Gasteiger partial charge in [-0.1, -0.05) is 22.6 Å². The van der Waals surface area contributed by atoms with Gasteiger partial charge in [0.25, 0.3) is 11.8 Å². The summed E-state index contributed by atoms with van der Waals surface area (Å²) < 4.78 is 58.5. The third-order valence-electron chi connectivity index (χ3n) is 5.71. The highest BCUT2D eigenvalue weighted by atomic mass is 19.4. The van der Waals surface area contributed by atoms with Crippen molar-refractivity contribution in [3.05, 3.63) is 83.2 Å². The van der Waals surface area contributed by atoms with Crippen LogP contribution in [0.15, 0.2) is 55.0 Å². The molecule has 0 aliphatic heterocycles. The fourth-order valence-electron chi connectivity index (χ4n) is 3.66. The average Bonchev–Trinajstić information content (AvgIpc) is 3.63. The summed E-state index contributed by atoms with van der Waals surface area (Å²) in [6.07, 6.45) is 0.745. The fourth-order valence-corrected chi connectivity index (χ4v) is 3.66. The number of amides is 2. The standard InChI is InChI=1S/C25H25F4N9O3/c26-16-41-19-5-3-4-17(10-19)12-31-23(39)20-14-37(35-33-20)8-1-2-9-38-15-21(34-36-38)24(40)32-13-18-6-7-30-22(11-18)25(27,28)29/h3-7,10-11,14-15H,1-2,8-9,12-13,16H2,(H,31,39)(H,32,40). The number of alkyl halides is 4. The van der Waals surface area contributed by atoms with Gasteiger partial charge in [0.1, 0.15) is 11.4 Å². The number of carbonyl (C=O) groups excluding carboxylic acids is 2. The van der Waals surface area contributed by atoms with E-state index >= 15 is 0 Å². The van der Waals surface area contributed by atoms with Crippen LogP contribution in [0.3, 0.4) is 0 Å². The van der Waals surface area contributed by atoms with Crippen LogP contribution in [0.25, 0.3) is 0 Å². The van der Waals surface area contributed by atoms with E-state index in [9.17, 15) is 27.2 Å². The van der Waals surface area contributed by atoms with Crippen LogP contribution in [-0.4, -0.2) is 53.6 Å². The Labute approximate surface area is 230 Å². The van der Waals surface area contributed by atoms with Crippen LogP contribution < -0.4 is 15.4 Å². The van der Waals surface area contributed by atoms with Gasteiger partial charge >= 0.3 is 6.18 Å². The molecule has 4 aromatic rings. The van der Waals surface area contributed by atoms with Gasteiger partial charge in [-0.15, -0.1) is 10.2 Å². The molecule has 0 atom stereocenters. The molecule has 12 nitrogen and oxygen atoms in total. The molecule has 0 aliphatic carbocycles. The predicted molar refractivity (Wildman–Crippen MR) is 134 cm³/mol. The highest BCUT2D eigenvalue weighted by molar-refractivity contribution is 5.92. The number of unbranched alkanes of at least 4 members (excludes halogenated alkanes) is 1. The molecule has 0 unspecified atom stereocenters. The molecule has 0 aliphatic rings. The molecular weight excluding hydrogens is 550 g/mol. The first kappa shape index (κ1) is 29.1. The Morgan fingerprint density at radius 2 is 1.44 bits per heavy atom. The predicted octanol–water partition coefficient (Wildman–Crippen LogP) is 2.93. The molecule has 2 amide bonds. The van der Waals surface area contributed by atoms with Gasteiger partial charge in [0, 0.05) is 32.4 Å². The number of hydrogen-bond acceptors (Lipinski definition) is 8. The molecule has 0 saturated carbocycles. The second-order valence-corrected chi connectivity index (χ2v) is 8.75. The first-order chi connectivity index (χ1) is 19.7. The van der Waals surface area contributed by atoms with Gasteiger partial charge in [-0.25, -0.2) is 4.39 Å². The van der Waals surface area contributed by atoms with Crippen molar-refractivity contribution >= 4 is 11.8 Å². The largest absolute Gasteiger partial charge is 0.463 e. The third kappa shape index (κ3) is 8.55. The van der Waals surface area contributed by atoms with E-state index in [4.69, 9.17) is 4.74 Å². The van der Waals surface area contributed by atoms with Gasteiger partial charge in [-0.05, 0) is 48.2 Å². The quantitative estimate of drug-likeness (QED) is 0.183. The third-order valence-corrected chi connectivity index (χ3v) is 5.71. The molecule has 0 saturated heterocycles. The molecule has 2 N–H and O–H groups in total. The molecule has 3 heterocycles. The summed E-state index contributed by atoms with van der Waals surface area (Å²) in [6, 6.07) is 8.95. The van der Waals surface area contributed by atoms with Gasteiger partial charge in [0.15, 0.2) is 11.4 Å². The molecule has 41 heavy (non-hydrogen) atoms. The van der Waals surface area contributed by atoms with E-state index in [1.807, 2.05) is 0 Å². The number of pyridine rings is 1. The lowest BCUT2D eigenvalue weighted by atomic mass is 10.2. The average molecular weight is 576 g/mol. The summed E-state index contributed by atoms with van der Waals surface area (Å²) in [5, 5.41) is 20.8. The van der Waals surface area contributed by atoms with Crippen LogP contribution in [0.4, 0.5) is 17.6 Å². The summed E-state index contributed by atoms with van der Waals surface area (Å²) in [6.45, 7) is 0.0701. The van der Waals surface area contributed by atoms with Crippen molar-refractivity contribution in [3.63, 3.8) is 0 Å². The molecule has 4 rings (SSSR count). The summed E-state index contributed by atoms with van der Waals surface area (Å²) >= 11 is 0. The first-order valence-corrected chi connectivity index (χ1v) is 12.4. The molecule has 0 spiro atoms. The molecule has 0 radical (unpaired) electrons. The van der Waals surface area contributed by atoms with E-state index in [1.54, 1.807) is 24.3 Å². The number of aromatic nitrogens is 7. The minimum Gasteiger partial charge on any atom is -0.463 e. The second-order valence-electron chi connectivity index (χ2n) is 8.75. The Morgan fingerprint density at radius 3 is 2.00 bits per heavy atom. The van der Waals surface area contributed by atoms with Crippen molar-refractivity contribution in [2.75, 3.05) is 6.86 Å². The summed E-state index contributed by atoms with van der Waals surface area (Å²) in [4.78, 5) is 28.0. The Bertz CT molecular complexity index is 1470. The van der Waals surface area contributed by atoms with Crippen LogP contribution in [0.2, 0.25) is 0 Å². The van der Waals surface area contributed by atoms with Crippen molar-refractivity contribution in [1.82, 2.24) is 45.6 Å². The number of rotatable bonds is 13. The Kier molecular flexibility index (Phi) is 9.55. The van der Waals surface area contributed by atoms with Crippen molar-refractivity contribution in [1.29, 1.82) is 0 Å². The van der Waals surface area contributed by atoms with Gasteiger partial charge in [-0.2, -0.15) is 13.2 Å². The highest BCUT2D eigenvalue weighted by Gasteiger charge is 2.32. The van der Waals surface area contributed by atoms with Gasteiger partial charge < -0.3 is 15.4 Å². The molecule has 216 valence electrons. The lowest BCUT2D eigenvalue weighted by Gasteiger charge is -2.08. The number of aryl methyl sites for hydroxylation is 2. The van der Waals surface area contributed by atoms with E-state index < -0.39 is 30.5 Å². The smallest absolute Gasteiger partial charge is 0.433 e. The molecule has 1 aromatic carbocycles. The van der Waals surface area contributed by atoms with Crippen molar-refractivity contribution in [2.45, 2.75) is 45.2 Å². The number of nitrogens with one attached hydrogen (secondary N) is 2. The Morgan fingerprint density at radius 1 is 0.854 bits per heavy atom. The SMILES string of the molecule is O=C(NCc1cccc(OCF)c1)c1cn(CCCCn2cc(C(=O)NCc3ccnc(C(F)(F)F)c3)nn2)nn1. The van der Waals surface area contributed by atoms with Crippen LogP contribution in [0, 0.1) is 0 Å². The summed E-state index contributed by atoms with van der Waals surface area (Å²) in [7, 11) is 0. The highest BCUT2D eigenvalue weighted by Crippen LogP contribution is 2.27. The first-order valence-electron chi connectivity index (χ1n) is 12.4. The minimum absolute atomic E-state index is 0.0312. The number of ether oxygens (including phenoxy) is 1. The molecule has 0 fully saturated rings. The number of halogens is 4. The number of carbonyl (C=O) groups is 2. The normalized spacial score (nSPS) is 11.3. The lowest BCUT2D eigenvalue weighted by Crippen LogP contribution is -2.23. The monoisotopic (exact) mass is 575 g/mol. The zero-order valence-corrected chi connectivity index (χ0v) is 21.5. The Balaban J connectivity index is 1.17. The van der Waals surface area contributed by atoms with E-state index in [2.05, 4.69) is 36.2 Å². The molecule has 3 aromatic heterocycles. The fraction of sp³-hybridized carbons (Fsp3) is 0.320. The van der Waals surface area contributed by atoms with Gasteiger partial charge in [0.2, 0.25) is 6.86 Å². The number of hydrogen-bond donors (Lipinski definition) is 2. The van der Waals surface area contributed by atoms with E-state index in [0.29, 0.717) is 31.7 Å². The van der Waals surface area contributed by atoms with E-state index in [1.165, 1.54) is 27.8 Å². The Hall–Kier alpha value is -4.89. The van der Waals surface area contributed by atoms with Gasteiger partial charge in [0.05, 0.1) is 12.4 Å². The topological polar surface area (TPSA) is 142 Å². The lowest BCUT2D eigenvalue weighted by molar-refractivity contribution is -0.141. The van der Waals surface area contributed by atoms with Crippen LogP contribution >= 0.6 is 0 Å². The van der Waals surface area contributed by atoms with Crippen molar-refractivity contribution in [3.8, 4) is 5.75 Å². The summed E-state index contributed by atoms with van der Waals surface area (Å²) in [5.74, 6) is -0.621. The molecule has 16 heteroatoms. The number of nitrogens with zero attached hydrogens (tertiary/aromatic N) is 7. The molecular formula is C25H25F4N9O3. The maximum atomic E-state index is 12.8. The van der Waals surface area contributed by atoms with Crippen molar-refractivity contribution in [2.24, 2.45) is 0 Å². The van der Waals surface area contributed by atoms with Crippen LogP contribution in [0.1, 0.15) is 50.6 Å². The second kappa shape index (κ2) is 13.5. The van der Waals surface area contributed by atoms with Gasteiger partial charge in [-0.3, -0.25) is 23.9 Å². The zero-order chi connectivity index (χ0) is 29.2. The van der Waals surface area contributed by atoms with Crippen LogP contribution in [0.5, 0.6) is 5.75 Å². The van der Waals surface area contributed by atoms with Crippen LogP contribution in [-0.2, 0) is 32.4 Å².